The van der Waals surface area contributed by atoms with E-state index in [4.69, 9.17) is 0 Å². The number of aryl methyl sites for hydroxylation is 3. The third kappa shape index (κ3) is 7.72. The quantitative estimate of drug-likeness (QED) is 0.400. The predicted molar refractivity (Wildman–Crippen MR) is 90.3 cm³/mol. The van der Waals surface area contributed by atoms with Crippen molar-refractivity contribution >= 4 is 0 Å². The van der Waals surface area contributed by atoms with Crippen LogP contribution in [0.1, 0.15) is 87.8 Å². The smallest absolute Gasteiger partial charge is 0.0117 e. The van der Waals surface area contributed by atoms with Crippen LogP contribution in [0.3, 0.4) is 0 Å². The fourth-order valence-electron chi connectivity index (χ4n) is 2.84. The standard InChI is InChI=1S/C20H33/c1-4-5-6-7-8-9-10-11-12-13-14-20-16-15-18(2)17-19(20)3/h15-16H,4-14H2,1-3H3. The Hall–Kier alpha value is -0.780. The highest BCUT2D eigenvalue weighted by molar-refractivity contribution is 5.29. The number of benzene rings is 1. The second-order valence-corrected chi connectivity index (χ2v) is 6.22. The molecule has 0 heterocycles. The van der Waals surface area contributed by atoms with Gasteiger partial charge in [0.15, 0.2) is 0 Å². The molecule has 1 aromatic carbocycles. The predicted octanol–water partition coefficient (Wildman–Crippen LogP) is 6.57. The fourth-order valence-corrected chi connectivity index (χ4v) is 2.84. The van der Waals surface area contributed by atoms with Gasteiger partial charge in [0.2, 0.25) is 0 Å². The molecule has 0 atom stereocenters. The Morgan fingerprint density at radius 3 is 1.85 bits per heavy atom. The van der Waals surface area contributed by atoms with E-state index < -0.39 is 0 Å². The van der Waals surface area contributed by atoms with Gasteiger partial charge in [0, 0.05) is 0 Å². The Morgan fingerprint density at radius 1 is 0.750 bits per heavy atom. The topological polar surface area (TPSA) is 0 Å². The average Bonchev–Trinajstić information content (AvgIpc) is 2.43. The van der Waals surface area contributed by atoms with Gasteiger partial charge in [-0.15, -0.1) is 0 Å². The summed E-state index contributed by atoms with van der Waals surface area (Å²) in [6.07, 6.45) is 15.4. The normalized spacial score (nSPS) is 10.9. The van der Waals surface area contributed by atoms with Gasteiger partial charge in [-0.2, -0.15) is 0 Å². The summed E-state index contributed by atoms with van der Waals surface area (Å²) >= 11 is 0. The van der Waals surface area contributed by atoms with Gasteiger partial charge >= 0.3 is 0 Å². The molecule has 1 aromatic rings. The number of hydrogen-bond donors (Lipinski definition) is 0. The lowest BCUT2D eigenvalue weighted by atomic mass is 9.99. The Balaban J connectivity index is 1.97. The molecule has 0 aliphatic heterocycles. The van der Waals surface area contributed by atoms with Gasteiger partial charge in [-0.1, -0.05) is 76.8 Å². The summed E-state index contributed by atoms with van der Waals surface area (Å²) in [5.74, 6) is 0. The SMILES string of the molecule is CCCCCCCCCCCCc1ccc(C)[c]c1C. The molecule has 113 valence electrons. The van der Waals surface area contributed by atoms with Gasteiger partial charge in [0.05, 0.1) is 0 Å². The van der Waals surface area contributed by atoms with Gasteiger partial charge in [-0.05, 0) is 49.4 Å². The fraction of sp³-hybridized carbons (Fsp3) is 0.700. The van der Waals surface area contributed by atoms with Gasteiger partial charge in [-0.25, -0.2) is 0 Å². The molecule has 0 unspecified atom stereocenters. The summed E-state index contributed by atoms with van der Waals surface area (Å²) in [6, 6.07) is 7.90. The van der Waals surface area contributed by atoms with Crippen LogP contribution in [0.4, 0.5) is 0 Å². The highest BCUT2D eigenvalue weighted by Gasteiger charge is 1.99. The van der Waals surface area contributed by atoms with E-state index in [1.54, 1.807) is 0 Å². The molecule has 0 aliphatic rings. The van der Waals surface area contributed by atoms with Crippen molar-refractivity contribution in [2.24, 2.45) is 0 Å². The van der Waals surface area contributed by atoms with Crippen molar-refractivity contribution in [1.82, 2.24) is 0 Å². The molecule has 0 nitrogen and oxygen atoms in total. The van der Waals surface area contributed by atoms with Crippen molar-refractivity contribution in [2.75, 3.05) is 0 Å². The Kier molecular flexibility index (Phi) is 9.45. The lowest BCUT2D eigenvalue weighted by Crippen LogP contribution is -1.91. The van der Waals surface area contributed by atoms with Crippen LogP contribution in [-0.2, 0) is 6.42 Å². The van der Waals surface area contributed by atoms with Gasteiger partial charge in [0.25, 0.3) is 0 Å². The van der Waals surface area contributed by atoms with Crippen LogP contribution in [0.5, 0.6) is 0 Å². The van der Waals surface area contributed by atoms with Gasteiger partial charge in [0.1, 0.15) is 0 Å². The van der Waals surface area contributed by atoms with E-state index in [1.165, 1.54) is 87.3 Å². The van der Waals surface area contributed by atoms with Crippen molar-refractivity contribution in [1.29, 1.82) is 0 Å². The summed E-state index contributed by atoms with van der Waals surface area (Å²) in [6.45, 7) is 6.60. The molecule has 20 heavy (non-hydrogen) atoms. The van der Waals surface area contributed by atoms with Crippen LogP contribution in [0.25, 0.3) is 0 Å². The molecule has 0 bridgehead atoms. The molecule has 0 saturated heterocycles. The number of hydrogen-bond acceptors (Lipinski definition) is 0. The summed E-state index contributed by atoms with van der Waals surface area (Å²) in [7, 11) is 0. The molecule has 0 spiro atoms. The van der Waals surface area contributed by atoms with E-state index in [1.807, 2.05) is 0 Å². The molecule has 0 N–H and O–H groups in total. The summed E-state index contributed by atoms with van der Waals surface area (Å²) in [5, 5.41) is 0. The summed E-state index contributed by atoms with van der Waals surface area (Å²) in [5.41, 5.74) is 4.10. The van der Waals surface area contributed by atoms with E-state index in [0.29, 0.717) is 0 Å². The molecule has 0 heteroatoms. The third-order valence-corrected chi connectivity index (χ3v) is 4.20. The zero-order valence-electron chi connectivity index (χ0n) is 13.9. The maximum Gasteiger partial charge on any atom is -0.0117 e. The first-order chi connectivity index (χ1) is 9.74. The summed E-state index contributed by atoms with van der Waals surface area (Å²) < 4.78 is 0. The first kappa shape index (κ1) is 17.3. The highest BCUT2D eigenvalue weighted by Crippen LogP contribution is 2.15. The minimum atomic E-state index is 1.24. The van der Waals surface area contributed by atoms with E-state index >= 15 is 0 Å². The molecule has 1 radical (unpaired) electrons. The van der Waals surface area contributed by atoms with Crippen molar-refractivity contribution in [3.05, 3.63) is 34.9 Å². The Morgan fingerprint density at radius 2 is 1.30 bits per heavy atom. The van der Waals surface area contributed by atoms with Crippen molar-refractivity contribution in [3.63, 3.8) is 0 Å². The molecule has 0 amide bonds. The lowest BCUT2D eigenvalue weighted by Gasteiger charge is -2.06. The molecule has 1 rings (SSSR count). The van der Waals surface area contributed by atoms with Crippen LogP contribution in [0, 0.1) is 19.9 Å². The average molecular weight is 273 g/mol. The Labute approximate surface area is 127 Å². The largest absolute Gasteiger partial charge is 0.0654 e. The van der Waals surface area contributed by atoms with E-state index in [9.17, 15) is 0 Å². The Bertz CT molecular complexity index is 351. The van der Waals surface area contributed by atoms with Crippen molar-refractivity contribution in [3.8, 4) is 0 Å². The first-order valence-electron chi connectivity index (χ1n) is 8.72. The number of unbranched alkanes of at least 4 members (excludes halogenated alkanes) is 9. The molecular formula is C20H33. The van der Waals surface area contributed by atoms with Crippen LogP contribution in [0.15, 0.2) is 12.1 Å². The van der Waals surface area contributed by atoms with Gasteiger partial charge in [-0.3, -0.25) is 0 Å². The maximum atomic E-state index is 3.42. The highest BCUT2D eigenvalue weighted by atomic mass is 14.0. The molecule has 0 saturated carbocycles. The number of rotatable bonds is 11. The molecule has 0 aliphatic carbocycles. The minimum Gasteiger partial charge on any atom is -0.0654 e. The van der Waals surface area contributed by atoms with Crippen LogP contribution in [0.2, 0.25) is 0 Å². The monoisotopic (exact) mass is 273 g/mol. The van der Waals surface area contributed by atoms with E-state index in [-0.39, 0.29) is 0 Å². The zero-order chi connectivity index (χ0) is 14.6. The van der Waals surface area contributed by atoms with Gasteiger partial charge < -0.3 is 0 Å². The molecular weight excluding hydrogens is 240 g/mol. The summed E-state index contributed by atoms with van der Waals surface area (Å²) in [4.78, 5) is 0. The van der Waals surface area contributed by atoms with E-state index in [0.717, 1.165) is 0 Å². The second-order valence-electron chi connectivity index (χ2n) is 6.22. The molecule has 0 aromatic heterocycles. The van der Waals surface area contributed by atoms with Crippen molar-refractivity contribution < 1.29 is 0 Å². The van der Waals surface area contributed by atoms with Crippen LogP contribution in [-0.4, -0.2) is 0 Å². The lowest BCUT2D eigenvalue weighted by molar-refractivity contribution is 0.556. The zero-order valence-corrected chi connectivity index (χ0v) is 13.9. The van der Waals surface area contributed by atoms with Crippen molar-refractivity contribution in [2.45, 2.75) is 91.4 Å². The van der Waals surface area contributed by atoms with E-state index in [2.05, 4.69) is 39.0 Å². The minimum absolute atomic E-state index is 1.24. The second kappa shape index (κ2) is 10.9. The first-order valence-corrected chi connectivity index (χ1v) is 8.72. The third-order valence-electron chi connectivity index (χ3n) is 4.20. The van der Waals surface area contributed by atoms with Crippen LogP contribution >= 0.6 is 0 Å². The molecule has 0 fully saturated rings. The maximum absolute atomic E-state index is 3.42. The van der Waals surface area contributed by atoms with Crippen LogP contribution < -0.4 is 0 Å².